The maximum atomic E-state index is 13.7. The number of halogens is 3. The van der Waals surface area contributed by atoms with E-state index in [0.717, 1.165) is 6.07 Å². The lowest BCUT2D eigenvalue weighted by atomic mass is 10.2. The van der Waals surface area contributed by atoms with Crippen molar-refractivity contribution in [3.05, 3.63) is 46.4 Å². The van der Waals surface area contributed by atoms with Gasteiger partial charge in [0.2, 0.25) is 0 Å². The highest BCUT2D eigenvalue weighted by atomic mass is 127. The summed E-state index contributed by atoms with van der Waals surface area (Å²) in [6.45, 7) is 0. The third-order valence-corrected chi connectivity index (χ3v) is 6.06. The van der Waals surface area contributed by atoms with Crippen LogP contribution in [0.4, 0.5) is 10.1 Å². The van der Waals surface area contributed by atoms with Crippen molar-refractivity contribution in [2.45, 2.75) is 4.90 Å². The molecule has 104 valence electrons. The van der Waals surface area contributed by atoms with E-state index in [0.29, 0.717) is 9.37 Å². The Hall–Kier alpha value is -0.570. The van der Waals surface area contributed by atoms with E-state index in [1.807, 2.05) is 6.07 Å². The monoisotopic (exact) mass is 485 g/mol. The highest BCUT2D eigenvalue weighted by Crippen LogP contribution is 2.28. The van der Waals surface area contributed by atoms with E-state index in [-0.39, 0.29) is 11.3 Å². The highest BCUT2D eigenvalue weighted by molar-refractivity contribution is 14.2. The summed E-state index contributed by atoms with van der Waals surface area (Å²) in [5, 5.41) is 8.67. The lowest BCUT2D eigenvalue weighted by Gasteiger charge is -2.06. The second kappa shape index (κ2) is 6.93. The Kier molecular flexibility index (Phi) is 5.48. The summed E-state index contributed by atoms with van der Waals surface area (Å²) in [6, 6.07) is 5.79. The van der Waals surface area contributed by atoms with Gasteiger partial charge in [0.25, 0.3) is 0 Å². The number of hydrogen-bond donors (Lipinski definition) is 1. The van der Waals surface area contributed by atoms with Crippen molar-refractivity contribution in [3.63, 3.8) is 0 Å². The van der Waals surface area contributed by atoms with E-state index in [1.165, 1.54) is 21.3 Å². The standard InChI is InChI=1S/C11H6BrFIN3OS2/c12-8-5-17(19-14)6-11(8)20(18)16-10-2-1-7(4-15)3-9(10)13/h1-3,5-6,16H. The van der Waals surface area contributed by atoms with Crippen LogP contribution in [-0.4, -0.2) is 8.18 Å². The Morgan fingerprint density at radius 3 is 2.80 bits per heavy atom. The van der Waals surface area contributed by atoms with Crippen molar-refractivity contribution in [3.8, 4) is 6.07 Å². The zero-order valence-corrected chi connectivity index (χ0v) is 15.0. The van der Waals surface area contributed by atoms with E-state index in [4.69, 9.17) is 5.26 Å². The Bertz CT molecular complexity index is 716. The van der Waals surface area contributed by atoms with E-state index in [9.17, 15) is 8.60 Å². The van der Waals surface area contributed by atoms with E-state index < -0.39 is 16.8 Å². The average molecular weight is 486 g/mol. The molecule has 1 N–H and O–H groups in total. The van der Waals surface area contributed by atoms with Crippen LogP contribution >= 0.6 is 46.3 Å². The molecule has 0 aliphatic rings. The molecule has 0 spiro atoms. The molecule has 0 saturated carbocycles. The zero-order chi connectivity index (χ0) is 14.7. The predicted molar refractivity (Wildman–Crippen MR) is 90.3 cm³/mol. The molecule has 2 aromatic rings. The quantitative estimate of drug-likeness (QED) is 0.659. The Balaban J connectivity index is 2.23. The largest absolute Gasteiger partial charge is 0.298 e. The van der Waals surface area contributed by atoms with Crippen LogP contribution in [0, 0.1) is 17.1 Å². The second-order valence-electron chi connectivity index (χ2n) is 3.58. The van der Waals surface area contributed by atoms with Gasteiger partial charge in [-0.2, -0.15) is 5.26 Å². The van der Waals surface area contributed by atoms with Gasteiger partial charge >= 0.3 is 0 Å². The normalized spacial score (nSPS) is 11.9. The summed E-state index contributed by atoms with van der Waals surface area (Å²) in [5.74, 6) is -0.615. The number of nitrogens with one attached hydrogen (secondary N) is 1. The van der Waals surface area contributed by atoms with Gasteiger partial charge in [0.15, 0.2) is 11.0 Å². The highest BCUT2D eigenvalue weighted by Gasteiger charge is 2.14. The molecular formula is C11H6BrFIN3OS2. The van der Waals surface area contributed by atoms with Crippen LogP contribution in [0.1, 0.15) is 5.56 Å². The summed E-state index contributed by atoms with van der Waals surface area (Å²) < 4.78 is 30.9. The first kappa shape index (κ1) is 15.8. The maximum Gasteiger partial charge on any atom is 0.153 e. The first-order valence-electron chi connectivity index (χ1n) is 5.10. The van der Waals surface area contributed by atoms with Gasteiger partial charge in [0.05, 0.1) is 26.7 Å². The third-order valence-electron chi connectivity index (χ3n) is 2.30. The molecule has 1 heterocycles. The Morgan fingerprint density at radius 1 is 1.50 bits per heavy atom. The Labute approximate surface area is 142 Å². The first-order valence-corrected chi connectivity index (χ1v) is 10.4. The molecule has 0 aliphatic carbocycles. The van der Waals surface area contributed by atoms with Gasteiger partial charge in [-0.15, -0.1) is 0 Å². The molecular weight excluding hydrogens is 480 g/mol. The van der Waals surface area contributed by atoms with E-state index >= 15 is 0 Å². The van der Waals surface area contributed by atoms with Crippen molar-refractivity contribution >= 4 is 62.9 Å². The first-order chi connectivity index (χ1) is 9.55. The molecule has 0 radical (unpaired) electrons. The smallest absolute Gasteiger partial charge is 0.153 e. The number of nitrogens with zero attached hydrogens (tertiary/aromatic N) is 2. The van der Waals surface area contributed by atoms with Gasteiger partial charge in [-0.25, -0.2) is 8.60 Å². The fraction of sp³-hybridized carbons (Fsp3) is 0. The van der Waals surface area contributed by atoms with Gasteiger partial charge in [0.1, 0.15) is 5.82 Å². The van der Waals surface area contributed by atoms with Crippen LogP contribution in [0.2, 0.25) is 0 Å². The molecule has 1 atom stereocenters. The minimum Gasteiger partial charge on any atom is -0.298 e. The van der Waals surface area contributed by atoms with Crippen molar-refractivity contribution in [1.29, 1.82) is 5.26 Å². The number of nitriles is 1. The van der Waals surface area contributed by atoms with Crippen LogP contribution < -0.4 is 4.72 Å². The van der Waals surface area contributed by atoms with Gasteiger partial charge in [-0.05, 0) is 34.1 Å². The lowest BCUT2D eigenvalue weighted by Crippen LogP contribution is -2.06. The molecule has 0 saturated heterocycles. The van der Waals surface area contributed by atoms with Gasteiger partial charge < -0.3 is 0 Å². The summed E-state index contributed by atoms with van der Waals surface area (Å²) in [6.07, 6.45) is 3.45. The predicted octanol–water partition coefficient (Wildman–Crippen LogP) is 4.24. The Morgan fingerprint density at radius 2 is 2.25 bits per heavy atom. The number of hydrogen-bond acceptors (Lipinski definition) is 3. The molecule has 0 amide bonds. The van der Waals surface area contributed by atoms with Crippen LogP contribution in [0.25, 0.3) is 0 Å². The summed E-state index contributed by atoms with van der Waals surface area (Å²) in [5.41, 5.74) is 0.302. The zero-order valence-electron chi connectivity index (χ0n) is 9.64. The molecule has 9 heteroatoms. The summed E-state index contributed by atoms with van der Waals surface area (Å²) >= 11 is 5.40. The van der Waals surface area contributed by atoms with Crippen LogP contribution in [-0.2, 0) is 11.0 Å². The van der Waals surface area contributed by atoms with Crippen molar-refractivity contribution < 1.29 is 8.60 Å². The molecule has 0 aliphatic heterocycles. The minimum atomic E-state index is -1.60. The number of benzene rings is 1. The van der Waals surface area contributed by atoms with Crippen molar-refractivity contribution in [2.75, 3.05) is 4.72 Å². The van der Waals surface area contributed by atoms with Crippen molar-refractivity contribution in [1.82, 2.24) is 3.97 Å². The number of aromatic nitrogens is 1. The second-order valence-corrected chi connectivity index (χ2v) is 7.35. The average Bonchev–Trinajstić information content (AvgIpc) is 2.82. The molecule has 0 fully saturated rings. The molecule has 2 rings (SSSR count). The van der Waals surface area contributed by atoms with Crippen molar-refractivity contribution in [2.24, 2.45) is 0 Å². The molecule has 0 bridgehead atoms. The molecule has 1 aromatic carbocycles. The van der Waals surface area contributed by atoms with Crippen LogP contribution in [0.5, 0.6) is 0 Å². The molecule has 20 heavy (non-hydrogen) atoms. The van der Waals surface area contributed by atoms with Gasteiger partial charge in [-0.3, -0.25) is 8.69 Å². The summed E-state index contributed by atoms with van der Waals surface area (Å²) in [4.78, 5) is 0.512. The van der Waals surface area contributed by atoms with Crippen LogP contribution in [0.15, 0.2) is 40.0 Å². The van der Waals surface area contributed by atoms with Crippen LogP contribution in [0.3, 0.4) is 0 Å². The SMILES string of the molecule is N#Cc1ccc(NS(=O)c2cn(SI)cc2Br)c(F)c1. The van der Waals surface area contributed by atoms with Gasteiger partial charge in [-0.1, -0.05) is 0 Å². The topological polar surface area (TPSA) is 57.8 Å². The lowest BCUT2D eigenvalue weighted by molar-refractivity contribution is 0.631. The molecule has 1 unspecified atom stereocenters. The number of anilines is 1. The number of rotatable bonds is 4. The van der Waals surface area contributed by atoms with E-state index in [1.54, 1.807) is 16.4 Å². The maximum absolute atomic E-state index is 13.7. The minimum absolute atomic E-state index is 0.0871. The van der Waals surface area contributed by atoms with E-state index in [2.05, 4.69) is 41.9 Å². The third kappa shape index (κ3) is 3.55. The summed E-state index contributed by atoms with van der Waals surface area (Å²) in [7, 11) is -0.183. The fourth-order valence-electron chi connectivity index (χ4n) is 1.39. The molecule has 4 nitrogen and oxygen atoms in total. The van der Waals surface area contributed by atoms with Gasteiger partial charge in [0, 0.05) is 42.7 Å². The fourth-order valence-corrected chi connectivity index (χ4v) is 4.24. The molecule has 1 aromatic heterocycles.